The fraction of sp³-hybridized carbons (Fsp3) is 0.308. The Bertz CT molecular complexity index is 1290. The van der Waals surface area contributed by atoms with Crippen molar-refractivity contribution < 1.29 is 24.0 Å². The maximum atomic E-state index is 13.7. The van der Waals surface area contributed by atoms with Gasteiger partial charge >= 0.3 is 5.91 Å². The lowest BCUT2D eigenvalue weighted by Gasteiger charge is -2.18. The van der Waals surface area contributed by atoms with Crippen LogP contribution in [0, 0.1) is 6.92 Å². The third-order valence-electron chi connectivity index (χ3n) is 6.26. The lowest BCUT2D eigenvalue weighted by molar-refractivity contribution is -0.577. The highest BCUT2D eigenvalue weighted by atomic mass is 16.5. The van der Waals surface area contributed by atoms with E-state index in [-0.39, 0.29) is 29.5 Å². The molecule has 1 saturated heterocycles. The van der Waals surface area contributed by atoms with Gasteiger partial charge in [-0.05, 0) is 50.3 Å². The number of rotatable bonds is 6. The Balaban J connectivity index is 1.69. The number of nitrogens with zero attached hydrogens (tertiary/aromatic N) is 4. The van der Waals surface area contributed by atoms with E-state index in [0.717, 1.165) is 18.4 Å². The van der Waals surface area contributed by atoms with Gasteiger partial charge in [-0.15, -0.1) is 0 Å². The summed E-state index contributed by atoms with van der Waals surface area (Å²) in [7, 11) is 0. The zero-order chi connectivity index (χ0) is 23.8. The number of carbonyl (C=O) groups is 2. The third kappa shape index (κ3) is 3.70. The number of pyridine rings is 1. The van der Waals surface area contributed by atoms with Gasteiger partial charge in [0, 0.05) is 23.8 Å². The van der Waals surface area contributed by atoms with Crippen molar-refractivity contribution in [2.45, 2.75) is 39.2 Å². The molecule has 8 nitrogen and oxygen atoms in total. The van der Waals surface area contributed by atoms with E-state index in [1.54, 1.807) is 29.1 Å². The van der Waals surface area contributed by atoms with Gasteiger partial charge in [-0.2, -0.15) is 9.67 Å². The number of carbonyl (C=O) groups excluding carboxylic acids is 2. The highest BCUT2D eigenvalue weighted by Crippen LogP contribution is 2.37. The molecule has 1 aromatic carbocycles. The maximum Gasteiger partial charge on any atom is 0.327 e. The van der Waals surface area contributed by atoms with Crippen LogP contribution in [0.3, 0.4) is 0 Å². The summed E-state index contributed by atoms with van der Waals surface area (Å²) >= 11 is 0. The number of ether oxygens (including phenoxy) is 1. The molecule has 1 unspecified atom stereocenters. The second kappa shape index (κ2) is 8.87. The van der Waals surface area contributed by atoms with Crippen molar-refractivity contribution in [3.63, 3.8) is 0 Å². The second-order valence-corrected chi connectivity index (χ2v) is 8.60. The molecule has 0 radical (unpaired) electrons. The van der Waals surface area contributed by atoms with Gasteiger partial charge in [0.2, 0.25) is 0 Å². The molecule has 2 aliphatic heterocycles. The van der Waals surface area contributed by atoms with E-state index < -0.39 is 17.7 Å². The van der Waals surface area contributed by atoms with Gasteiger partial charge in [0.25, 0.3) is 11.6 Å². The first-order valence-electron chi connectivity index (χ1n) is 11.5. The first kappa shape index (κ1) is 22.0. The van der Waals surface area contributed by atoms with Crippen molar-refractivity contribution in [3.8, 4) is 11.6 Å². The fourth-order valence-electron chi connectivity index (χ4n) is 4.61. The van der Waals surface area contributed by atoms with Crippen LogP contribution in [-0.4, -0.2) is 45.8 Å². The summed E-state index contributed by atoms with van der Waals surface area (Å²) in [6.07, 6.45) is 5.44. The van der Waals surface area contributed by atoms with E-state index in [0.29, 0.717) is 24.4 Å². The van der Waals surface area contributed by atoms with Gasteiger partial charge in [0.05, 0.1) is 24.0 Å². The summed E-state index contributed by atoms with van der Waals surface area (Å²) in [6, 6.07) is 12.8. The number of hydrogen-bond donors (Lipinski definition) is 0. The summed E-state index contributed by atoms with van der Waals surface area (Å²) < 4.78 is 8.64. The predicted octanol–water partition coefficient (Wildman–Crippen LogP) is 2.02. The summed E-state index contributed by atoms with van der Waals surface area (Å²) in [5.74, 6) is -1.33. The van der Waals surface area contributed by atoms with E-state index in [1.165, 1.54) is 9.58 Å². The monoisotopic (exact) mass is 458 g/mol. The van der Waals surface area contributed by atoms with E-state index >= 15 is 0 Å². The quantitative estimate of drug-likeness (QED) is 0.416. The van der Waals surface area contributed by atoms with Gasteiger partial charge in [0.1, 0.15) is 5.57 Å². The van der Waals surface area contributed by atoms with E-state index in [2.05, 4.69) is 5.10 Å². The average Bonchev–Trinajstić information content (AvgIpc) is 3.53. The maximum absolute atomic E-state index is 13.7. The summed E-state index contributed by atoms with van der Waals surface area (Å²) in [5.41, 5.74) is 2.46. The van der Waals surface area contributed by atoms with Gasteiger partial charge in [-0.25, -0.2) is 4.68 Å². The summed E-state index contributed by atoms with van der Waals surface area (Å²) in [6.45, 7) is 4.58. The van der Waals surface area contributed by atoms with Crippen molar-refractivity contribution in [2.75, 3.05) is 13.2 Å². The highest BCUT2D eigenvalue weighted by Gasteiger charge is 2.47. The highest BCUT2D eigenvalue weighted by molar-refractivity contribution is 6.45. The zero-order valence-corrected chi connectivity index (χ0v) is 19.2. The Hall–Kier alpha value is -3.78. The molecule has 174 valence electrons. The fourth-order valence-corrected chi connectivity index (χ4v) is 4.61. The van der Waals surface area contributed by atoms with Gasteiger partial charge in [0.15, 0.2) is 12.4 Å². The number of amides is 2. The van der Waals surface area contributed by atoms with Crippen LogP contribution in [0.1, 0.15) is 36.6 Å². The number of imide groups is 1. The molecule has 0 spiro atoms. The number of aryl methyl sites for hydroxylation is 2. The molecule has 0 saturated carbocycles. The van der Waals surface area contributed by atoms with Crippen LogP contribution in [0.5, 0.6) is 5.88 Å². The minimum absolute atomic E-state index is 0.0997. The van der Waals surface area contributed by atoms with Crippen LogP contribution in [0.15, 0.2) is 54.9 Å². The smallest absolute Gasteiger partial charge is 0.327 e. The third-order valence-corrected chi connectivity index (χ3v) is 6.26. The predicted molar refractivity (Wildman–Crippen MR) is 123 cm³/mol. The molecule has 0 bridgehead atoms. The van der Waals surface area contributed by atoms with Crippen LogP contribution >= 0.6 is 0 Å². The standard InChI is InChI=1S/C26H26N4O4/c1-3-20-21(25(32)30(27-20)18-10-5-4-6-11-18)22-23(28-13-7-9-17(2)15-28)26(33)29(24(22)31)16-19-12-8-14-34-19/h4-7,9-11,13,15,19H,3,8,12,14,16H2,1-2H3. The molecule has 2 aliphatic rings. The number of para-hydroxylation sites is 1. The molecule has 2 amide bonds. The van der Waals surface area contributed by atoms with Crippen LogP contribution in [-0.2, 0) is 20.7 Å². The Morgan fingerprint density at radius 2 is 1.94 bits per heavy atom. The molecule has 0 aliphatic carbocycles. The Kier molecular flexibility index (Phi) is 5.75. The molecule has 3 aromatic rings. The molecular formula is C26H26N4O4. The van der Waals surface area contributed by atoms with Gasteiger partial charge < -0.3 is 9.84 Å². The molecule has 4 heterocycles. The molecule has 8 heteroatoms. The van der Waals surface area contributed by atoms with Crippen LogP contribution in [0.2, 0.25) is 0 Å². The minimum atomic E-state index is -0.482. The second-order valence-electron chi connectivity index (χ2n) is 8.60. The average molecular weight is 459 g/mol. The number of benzene rings is 1. The zero-order valence-electron chi connectivity index (χ0n) is 19.2. The molecule has 1 fully saturated rings. The summed E-state index contributed by atoms with van der Waals surface area (Å²) in [5, 5.41) is 18.2. The lowest BCUT2D eigenvalue weighted by Crippen LogP contribution is -2.42. The molecule has 5 rings (SSSR count). The SMILES string of the molecule is CCc1nn(-c2ccccc2)c([O-])c1C1=C([n+]2cccc(C)c2)C(=O)N(CC2CCCO2)C1=O. The van der Waals surface area contributed by atoms with Gasteiger partial charge in [-0.1, -0.05) is 25.1 Å². The largest absolute Gasteiger partial charge is 0.858 e. The number of aromatic nitrogens is 3. The van der Waals surface area contributed by atoms with Crippen molar-refractivity contribution in [3.05, 3.63) is 71.7 Å². The van der Waals surface area contributed by atoms with Crippen molar-refractivity contribution in [1.29, 1.82) is 0 Å². The van der Waals surface area contributed by atoms with E-state index in [4.69, 9.17) is 4.74 Å². The minimum Gasteiger partial charge on any atom is -0.858 e. The molecule has 0 N–H and O–H groups in total. The van der Waals surface area contributed by atoms with Crippen molar-refractivity contribution in [2.24, 2.45) is 0 Å². The molecule has 1 atom stereocenters. The van der Waals surface area contributed by atoms with Crippen LogP contribution in [0.4, 0.5) is 0 Å². The van der Waals surface area contributed by atoms with Crippen LogP contribution in [0.25, 0.3) is 17.0 Å². The Labute approximate surface area is 197 Å². The lowest BCUT2D eigenvalue weighted by atomic mass is 10.0. The van der Waals surface area contributed by atoms with E-state index in [1.807, 2.05) is 44.2 Å². The number of hydrogen-bond acceptors (Lipinski definition) is 5. The Morgan fingerprint density at radius 3 is 2.62 bits per heavy atom. The first-order valence-corrected chi connectivity index (χ1v) is 11.5. The normalized spacial score (nSPS) is 18.4. The van der Waals surface area contributed by atoms with E-state index in [9.17, 15) is 14.7 Å². The van der Waals surface area contributed by atoms with Crippen molar-refractivity contribution in [1.82, 2.24) is 14.7 Å². The Morgan fingerprint density at radius 1 is 1.15 bits per heavy atom. The first-order chi connectivity index (χ1) is 16.5. The molecule has 2 aromatic heterocycles. The molecule has 34 heavy (non-hydrogen) atoms. The van der Waals surface area contributed by atoms with Crippen molar-refractivity contribution >= 4 is 23.1 Å². The van der Waals surface area contributed by atoms with Crippen LogP contribution < -0.4 is 9.67 Å². The molecular weight excluding hydrogens is 432 g/mol. The topological polar surface area (TPSA) is 91.4 Å². The summed E-state index contributed by atoms with van der Waals surface area (Å²) in [4.78, 5) is 28.6. The van der Waals surface area contributed by atoms with Gasteiger partial charge in [-0.3, -0.25) is 14.5 Å².